The molecule has 1 aliphatic rings. The van der Waals surface area contributed by atoms with E-state index >= 15 is 0 Å². The monoisotopic (exact) mass is 144 g/mol. The summed E-state index contributed by atoms with van der Waals surface area (Å²) >= 11 is 0. The fourth-order valence-corrected chi connectivity index (χ4v) is 1.19. The summed E-state index contributed by atoms with van der Waals surface area (Å²) < 4.78 is 0. The minimum Gasteiger partial charge on any atom is -0.465 e. The molecular formula is C6H12N2O2. The van der Waals surface area contributed by atoms with Crippen LogP contribution in [-0.2, 0) is 0 Å². The molecule has 1 rings (SSSR count). The third kappa shape index (κ3) is 1.07. The van der Waals surface area contributed by atoms with Crippen molar-refractivity contribution >= 4 is 6.09 Å². The second-order valence-electron chi connectivity index (χ2n) is 2.69. The molecule has 0 spiro atoms. The molecule has 10 heavy (non-hydrogen) atoms. The van der Waals surface area contributed by atoms with Crippen molar-refractivity contribution in [2.75, 3.05) is 6.54 Å². The normalized spacial score (nSPS) is 27.4. The SMILES string of the molecule is C[C@H](N)[C@@H]1CCN1C(=O)O. The Bertz CT molecular complexity index is 147. The highest BCUT2D eigenvalue weighted by Gasteiger charge is 2.34. The highest BCUT2D eigenvalue weighted by molar-refractivity contribution is 5.66. The van der Waals surface area contributed by atoms with Gasteiger partial charge in [0.25, 0.3) is 0 Å². The Kier molecular flexibility index (Phi) is 1.80. The molecule has 1 saturated heterocycles. The zero-order chi connectivity index (χ0) is 7.72. The topological polar surface area (TPSA) is 66.6 Å². The highest BCUT2D eigenvalue weighted by atomic mass is 16.4. The van der Waals surface area contributed by atoms with Crippen LogP contribution in [0.3, 0.4) is 0 Å². The first-order chi connectivity index (χ1) is 4.63. The fourth-order valence-electron chi connectivity index (χ4n) is 1.19. The summed E-state index contributed by atoms with van der Waals surface area (Å²) in [6.07, 6.45) is 0.0535. The van der Waals surface area contributed by atoms with Crippen LogP contribution in [0, 0.1) is 0 Å². The van der Waals surface area contributed by atoms with Gasteiger partial charge in [-0.3, -0.25) is 0 Å². The predicted molar refractivity (Wildman–Crippen MR) is 36.8 cm³/mol. The molecule has 0 aromatic carbocycles. The van der Waals surface area contributed by atoms with Crippen LogP contribution < -0.4 is 5.73 Å². The molecule has 4 heteroatoms. The maximum atomic E-state index is 10.4. The molecule has 0 saturated carbocycles. The van der Waals surface area contributed by atoms with E-state index in [-0.39, 0.29) is 12.1 Å². The van der Waals surface area contributed by atoms with E-state index in [9.17, 15) is 4.79 Å². The predicted octanol–water partition coefficient (Wildman–Crippen LogP) is 0.0859. The van der Waals surface area contributed by atoms with Crippen molar-refractivity contribution in [1.82, 2.24) is 4.90 Å². The van der Waals surface area contributed by atoms with E-state index in [1.807, 2.05) is 6.92 Å². The number of rotatable bonds is 1. The standard InChI is InChI=1S/C6H12N2O2/c1-4(7)5-2-3-8(5)6(9)10/h4-5H,2-3,7H2,1H3,(H,9,10)/t4-,5-/m0/s1. The van der Waals surface area contributed by atoms with Crippen LogP contribution in [0.25, 0.3) is 0 Å². The van der Waals surface area contributed by atoms with Gasteiger partial charge in [-0.25, -0.2) is 4.79 Å². The van der Waals surface area contributed by atoms with Gasteiger partial charge >= 0.3 is 6.09 Å². The average molecular weight is 144 g/mol. The molecule has 2 atom stereocenters. The number of nitrogens with zero attached hydrogens (tertiary/aromatic N) is 1. The second kappa shape index (κ2) is 2.46. The molecule has 4 nitrogen and oxygen atoms in total. The number of hydrogen-bond donors (Lipinski definition) is 2. The quantitative estimate of drug-likeness (QED) is 0.548. The van der Waals surface area contributed by atoms with Crippen LogP contribution in [0.4, 0.5) is 4.79 Å². The molecule has 1 heterocycles. The maximum absolute atomic E-state index is 10.4. The van der Waals surface area contributed by atoms with Crippen LogP contribution in [0.5, 0.6) is 0 Å². The van der Waals surface area contributed by atoms with E-state index in [0.717, 1.165) is 6.42 Å². The van der Waals surface area contributed by atoms with Gasteiger partial charge < -0.3 is 15.7 Å². The number of amides is 1. The number of likely N-dealkylation sites (tertiary alicyclic amines) is 1. The zero-order valence-electron chi connectivity index (χ0n) is 5.95. The largest absolute Gasteiger partial charge is 0.465 e. The molecule has 0 aromatic heterocycles. The average Bonchev–Trinajstić information content (AvgIpc) is 1.56. The van der Waals surface area contributed by atoms with Gasteiger partial charge in [0.05, 0.1) is 6.04 Å². The first-order valence-electron chi connectivity index (χ1n) is 3.38. The summed E-state index contributed by atoms with van der Waals surface area (Å²) in [7, 11) is 0. The number of nitrogens with two attached hydrogens (primary N) is 1. The van der Waals surface area contributed by atoms with Gasteiger partial charge in [0, 0.05) is 12.6 Å². The minimum atomic E-state index is -0.853. The Morgan fingerprint density at radius 2 is 2.50 bits per heavy atom. The molecule has 0 radical (unpaired) electrons. The fraction of sp³-hybridized carbons (Fsp3) is 0.833. The minimum absolute atomic E-state index is 0.0372. The van der Waals surface area contributed by atoms with E-state index in [1.54, 1.807) is 0 Å². The van der Waals surface area contributed by atoms with Gasteiger partial charge in [0.15, 0.2) is 0 Å². The second-order valence-corrected chi connectivity index (χ2v) is 2.69. The summed E-state index contributed by atoms with van der Waals surface area (Å²) in [5, 5.41) is 8.52. The molecule has 0 bridgehead atoms. The van der Waals surface area contributed by atoms with Crippen LogP contribution >= 0.6 is 0 Å². The summed E-state index contributed by atoms with van der Waals surface area (Å²) in [5.41, 5.74) is 5.52. The third-order valence-electron chi connectivity index (χ3n) is 1.92. The summed E-state index contributed by atoms with van der Waals surface area (Å²) in [6, 6.07) is 0.0161. The zero-order valence-corrected chi connectivity index (χ0v) is 5.95. The lowest BCUT2D eigenvalue weighted by molar-refractivity contribution is 0.0659. The van der Waals surface area contributed by atoms with Crippen molar-refractivity contribution in [3.05, 3.63) is 0 Å². The Morgan fingerprint density at radius 3 is 2.60 bits per heavy atom. The first kappa shape index (κ1) is 7.34. The van der Waals surface area contributed by atoms with Crippen molar-refractivity contribution < 1.29 is 9.90 Å². The van der Waals surface area contributed by atoms with E-state index < -0.39 is 6.09 Å². The van der Waals surface area contributed by atoms with Crippen LogP contribution in [0.15, 0.2) is 0 Å². The number of carboxylic acid groups (broad SMARTS) is 1. The van der Waals surface area contributed by atoms with Crippen LogP contribution in [0.2, 0.25) is 0 Å². The summed E-state index contributed by atoms with van der Waals surface area (Å²) in [5.74, 6) is 0. The Morgan fingerprint density at radius 1 is 1.90 bits per heavy atom. The smallest absolute Gasteiger partial charge is 0.407 e. The van der Waals surface area contributed by atoms with Gasteiger partial charge in [-0.2, -0.15) is 0 Å². The number of hydrogen-bond acceptors (Lipinski definition) is 2. The van der Waals surface area contributed by atoms with Gasteiger partial charge in [-0.05, 0) is 13.3 Å². The van der Waals surface area contributed by atoms with Crippen molar-refractivity contribution in [3.63, 3.8) is 0 Å². The maximum Gasteiger partial charge on any atom is 0.407 e. The Balaban J connectivity index is 2.43. The highest BCUT2D eigenvalue weighted by Crippen LogP contribution is 2.18. The van der Waals surface area contributed by atoms with Crippen LogP contribution in [-0.4, -0.2) is 34.7 Å². The molecule has 1 fully saturated rings. The number of carbonyl (C=O) groups is 1. The van der Waals surface area contributed by atoms with Crippen molar-refractivity contribution in [2.24, 2.45) is 5.73 Å². The van der Waals surface area contributed by atoms with Gasteiger partial charge in [-0.15, -0.1) is 0 Å². The van der Waals surface area contributed by atoms with Gasteiger partial charge in [0.2, 0.25) is 0 Å². The van der Waals surface area contributed by atoms with Crippen molar-refractivity contribution in [1.29, 1.82) is 0 Å². The molecule has 1 amide bonds. The molecular weight excluding hydrogens is 132 g/mol. The summed E-state index contributed by atoms with van der Waals surface area (Å²) in [6.45, 7) is 2.47. The van der Waals surface area contributed by atoms with E-state index in [2.05, 4.69) is 0 Å². The van der Waals surface area contributed by atoms with E-state index in [0.29, 0.717) is 6.54 Å². The van der Waals surface area contributed by atoms with Gasteiger partial charge in [-0.1, -0.05) is 0 Å². The molecule has 0 aromatic rings. The van der Waals surface area contributed by atoms with Crippen molar-refractivity contribution in [2.45, 2.75) is 25.4 Å². The Labute approximate surface area is 59.6 Å². The van der Waals surface area contributed by atoms with Crippen molar-refractivity contribution in [3.8, 4) is 0 Å². The molecule has 0 unspecified atom stereocenters. The van der Waals surface area contributed by atoms with E-state index in [4.69, 9.17) is 10.8 Å². The van der Waals surface area contributed by atoms with E-state index in [1.165, 1.54) is 4.90 Å². The molecule has 0 aliphatic carbocycles. The summed E-state index contributed by atoms with van der Waals surface area (Å²) in [4.78, 5) is 11.7. The molecule has 58 valence electrons. The lowest BCUT2D eigenvalue weighted by Gasteiger charge is -2.41. The third-order valence-corrected chi connectivity index (χ3v) is 1.92. The van der Waals surface area contributed by atoms with Crippen LogP contribution in [0.1, 0.15) is 13.3 Å². The van der Waals surface area contributed by atoms with Gasteiger partial charge in [0.1, 0.15) is 0 Å². The molecule has 1 aliphatic heterocycles. The first-order valence-corrected chi connectivity index (χ1v) is 3.38. The Hall–Kier alpha value is -0.770. The molecule has 3 N–H and O–H groups in total. The lowest BCUT2D eigenvalue weighted by atomic mass is 9.98. The lowest BCUT2D eigenvalue weighted by Crippen LogP contribution is -2.57.